The summed E-state index contributed by atoms with van der Waals surface area (Å²) >= 11 is 0. The molecule has 1 saturated heterocycles. The Morgan fingerprint density at radius 1 is 1.19 bits per heavy atom. The Morgan fingerprint density at radius 3 is 2.67 bits per heavy atom. The van der Waals surface area contributed by atoms with Crippen molar-refractivity contribution < 1.29 is 29.0 Å². The summed E-state index contributed by atoms with van der Waals surface area (Å²) in [6.45, 7) is 4.57. The van der Waals surface area contributed by atoms with Crippen LogP contribution in [-0.4, -0.2) is 63.9 Å². The lowest BCUT2D eigenvalue weighted by molar-refractivity contribution is -0.267. The van der Waals surface area contributed by atoms with Crippen LogP contribution in [0.2, 0.25) is 0 Å². The van der Waals surface area contributed by atoms with Gasteiger partial charge in [-0.3, -0.25) is 14.4 Å². The maximum Gasteiger partial charge on any atom is 0.192 e. The van der Waals surface area contributed by atoms with E-state index >= 15 is 4.39 Å². The number of hydroxylamine groups is 2. The molecule has 0 spiro atoms. The van der Waals surface area contributed by atoms with Gasteiger partial charge in [0.1, 0.15) is 6.61 Å². The molecule has 6 nitrogen and oxygen atoms in total. The van der Waals surface area contributed by atoms with Crippen molar-refractivity contribution in [3.8, 4) is 0 Å². The van der Waals surface area contributed by atoms with Gasteiger partial charge in [0.2, 0.25) is 0 Å². The Kier molecular flexibility index (Phi) is 5.74. The predicted molar refractivity (Wildman–Crippen MR) is 131 cm³/mol. The maximum absolute atomic E-state index is 17.4. The minimum atomic E-state index is -1.93. The Bertz CT molecular complexity index is 1020. The normalized spacial score (nSPS) is 48.7. The Labute approximate surface area is 212 Å². The summed E-state index contributed by atoms with van der Waals surface area (Å²) in [5.74, 6) is -0.689. The van der Waals surface area contributed by atoms with Gasteiger partial charge in [-0.2, -0.15) is 5.06 Å². The van der Waals surface area contributed by atoms with Crippen molar-refractivity contribution in [3.05, 3.63) is 23.8 Å². The van der Waals surface area contributed by atoms with Gasteiger partial charge in [0.15, 0.2) is 22.8 Å². The van der Waals surface area contributed by atoms with Gasteiger partial charge in [0.05, 0.1) is 6.10 Å². The Hall–Kier alpha value is -1.41. The van der Waals surface area contributed by atoms with Crippen LogP contribution in [0.25, 0.3) is 0 Å². The molecule has 5 aliphatic carbocycles. The SMILES string of the molecule is C[C@]12C=CC(=O)C=C1CC[C@H]1[C@@H]3C[C@H]4CN(CC5CCCCC5)O[C@@]4(C(=O)CO)[C@@]3(C)C[C@H](O)[C@@]12F. The summed E-state index contributed by atoms with van der Waals surface area (Å²) < 4.78 is 17.4. The number of aliphatic hydroxyl groups excluding tert-OH is 2. The van der Waals surface area contributed by atoms with Crippen molar-refractivity contribution >= 4 is 11.6 Å². The average Bonchev–Trinajstić information content (AvgIpc) is 3.33. The van der Waals surface area contributed by atoms with Gasteiger partial charge < -0.3 is 10.2 Å². The second-order valence-electron chi connectivity index (χ2n) is 13.0. The van der Waals surface area contributed by atoms with Crippen molar-refractivity contribution in [1.82, 2.24) is 5.06 Å². The number of hydrogen-bond donors (Lipinski definition) is 2. The van der Waals surface area contributed by atoms with Gasteiger partial charge in [-0.05, 0) is 69.4 Å². The third kappa shape index (κ3) is 3.03. The van der Waals surface area contributed by atoms with Gasteiger partial charge in [0, 0.05) is 35.8 Å². The lowest BCUT2D eigenvalue weighted by Gasteiger charge is -2.62. The van der Waals surface area contributed by atoms with E-state index in [9.17, 15) is 19.8 Å². The summed E-state index contributed by atoms with van der Waals surface area (Å²) in [5.41, 5.74) is -4.25. The van der Waals surface area contributed by atoms with E-state index in [1.54, 1.807) is 12.2 Å². The van der Waals surface area contributed by atoms with Crippen molar-refractivity contribution in [1.29, 1.82) is 0 Å². The molecule has 198 valence electrons. The van der Waals surface area contributed by atoms with Gasteiger partial charge in [-0.15, -0.1) is 0 Å². The molecule has 0 aromatic heterocycles. The molecule has 0 aromatic carbocycles. The van der Waals surface area contributed by atoms with Crippen molar-refractivity contribution in [2.75, 3.05) is 19.7 Å². The van der Waals surface area contributed by atoms with E-state index < -0.39 is 40.7 Å². The minimum absolute atomic E-state index is 0.0921. The van der Waals surface area contributed by atoms with Crippen LogP contribution in [0.4, 0.5) is 4.39 Å². The molecule has 8 atom stereocenters. The molecule has 2 N–H and O–H groups in total. The smallest absolute Gasteiger partial charge is 0.192 e. The van der Waals surface area contributed by atoms with E-state index in [1.165, 1.54) is 38.2 Å². The van der Waals surface area contributed by atoms with E-state index in [2.05, 4.69) is 0 Å². The molecule has 0 bridgehead atoms. The van der Waals surface area contributed by atoms with Gasteiger partial charge in [-0.25, -0.2) is 4.39 Å². The number of halogens is 1. The number of hydrogen-bond acceptors (Lipinski definition) is 6. The van der Waals surface area contributed by atoms with E-state index in [0.29, 0.717) is 31.7 Å². The van der Waals surface area contributed by atoms with E-state index in [4.69, 9.17) is 4.84 Å². The van der Waals surface area contributed by atoms with Crippen LogP contribution in [-0.2, 0) is 14.4 Å². The standard InChI is InChI=1S/C29H40FNO5/c1-26-11-10-21(33)12-19(26)8-9-22-23-13-20-16-31(15-18-6-4-3-5-7-18)36-29(20,25(35)17-32)27(23,2)14-24(34)28(22,26)30/h10-12,18,20,22-24,32,34H,3-9,13-17H2,1-2H3/t20-,22-,23-,24-,26-,27-,28-,29-/m0/s1. The quantitative estimate of drug-likeness (QED) is 0.611. The molecule has 7 heteroatoms. The molecule has 36 heavy (non-hydrogen) atoms. The number of aliphatic hydroxyl groups is 2. The largest absolute Gasteiger partial charge is 0.390 e. The molecule has 1 aliphatic heterocycles. The lowest BCUT2D eigenvalue weighted by Crippen LogP contribution is -2.69. The number of carbonyl (C=O) groups is 2. The highest BCUT2D eigenvalue weighted by molar-refractivity contribution is 6.01. The van der Waals surface area contributed by atoms with Gasteiger partial charge >= 0.3 is 0 Å². The van der Waals surface area contributed by atoms with Crippen LogP contribution in [0.1, 0.15) is 71.6 Å². The third-order valence-corrected chi connectivity index (χ3v) is 11.4. The molecule has 6 aliphatic rings. The molecule has 0 amide bonds. The fourth-order valence-electron chi connectivity index (χ4n) is 9.71. The van der Waals surface area contributed by atoms with Crippen molar-refractivity contribution in [2.24, 2.45) is 34.5 Å². The van der Waals surface area contributed by atoms with Gasteiger partial charge in [-0.1, -0.05) is 37.8 Å². The third-order valence-electron chi connectivity index (χ3n) is 11.4. The Morgan fingerprint density at radius 2 is 1.94 bits per heavy atom. The van der Waals surface area contributed by atoms with E-state index in [0.717, 1.165) is 12.1 Å². The second kappa shape index (κ2) is 8.29. The molecule has 0 aromatic rings. The zero-order chi connectivity index (χ0) is 25.5. The first-order valence-electron chi connectivity index (χ1n) is 14.0. The lowest BCUT2D eigenvalue weighted by atomic mass is 9.44. The fraction of sp³-hybridized carbons (Fsp3) is 0.793. The van der Waals surface area contributed by atoms with Crippen LogP contribution in [0.5, 0.6) is 0 Å². The first kappa shape index (κ1) is 24.9. The fourth-order valence-corrected chi connectivity index (χ4v) is 9.71. The topological polar surface area (TPSA) is 87.1 Å². The maximum atomic E-state index is 17.4. The van der Waals surface area contributed by atoms with Gasteiger partial charge in [0.25, 0.3) is 0 Å². The number of ketones is 2. The number of rotatable bonds is 4. The first-order chi connectivity index (χ1) is 17.1. The van der Waals surface area contributed by atoms with Crippen molar-refractivity contribution in [3.63, 3.8) is 0 Å². The number of carbonyl (C=O) groups excluding carboxylic acids is 2. The number of fused-ring (bicyclic) bond motifs is 7. The Balaban J connectivity index is 1.36. The molecule has 0 radical (unpaired) electrons. The molecular formula is C29H40FNO5. The second-order valence-corrected chi connectivity index (χ2v) is 13.0. The molecular weight excluding hydrogens is 461 g/mol. The summed E-state index contributed by atoms with van der Waals surface area (Å²) in [5, 5.41) is 23.6. The molecule has 6 rings (SSSR count). The molecule has 0 unspecified atom stereocenters. The van der Waals surface area contributed by atoms with Crippen molar-refractivity contribution in [2.45, 2.75) is 89.0 Å². The highest BCUT2D eigenvalue weighted by Gasteiger charge is 2.78. The molecule has 1 heterocycles. The predicted octanol–water partition coefficient (Wildman–Crippen LogP) is 3.71. The zero-order valence-corrected chi connectivity index (χ0v) is 21.5. The van der Waals surface area contributed by atoms with Crippen LogP contribution in [0, 0.1) is 34.5 Å². The minimum Gasteiger partial charge on any atom is -0.390 e. The van der Waals surface area contributed by atoms with E-state index in [1.807, 2.05) is 18.9 Å². The molecule has 4 saturated carbocycles. The summed E-state index contributed by atoms with van der Waals surface area (Å²) in [6.07, 6.45) is 11.3. The molecule has 5 fully saturated rings. The zero-order valence-electron chi connectivity index (χ0n) is 21.5. The summed E-state index contributed by atoms with van der Waals surface area (Å²) in [6, 6.07) is 0. The first-order valence-corrected chi connectivity index (χ1v) is 14.0. The van der Waals surface area contributed by atoms with Crippen LogP contribution in [0.3, 0.4) is 0 Å². The highest BCUT2D eigenvalue weighted by atomic mass is 19.1. The van der Waals surface area contributed by atoms with E-state index in [-0.39, 0.29) is 29.8 Å². The number of allylic oxidation sites excluding steroid dienone is 4. The average molecular weight is 502 g/mol. The number of Topliss-reactive ketones (excluding diaryl/α,β-unsaturated/α-hetero) is 1. The van der Waals surface area contributed by atoms with Crippen LogP contribution >= 0.6 is 0 Å². The highest BCUT2D eigenvalue weighted by Crippen LogP contribution is 2.72. The summed E-state index contributed by atoms with van der Waals surface area (Å²) in [4.78, 5) is 32.2. The summed E-state index contributed by atoms with van der Waals surface area (Å²) in [7, 11) is 0. The van der Waals surface area contributed by atoms with Crippen LogP contribution in [0.15, 0.2) is 23.8 Å². The van der Waals surface area contributed by atoms with Crippen LogP contribution < -0.4 is 0 Å². The monoisotopic (exact) mass is 501 g/mol. The number of nitrogens with zero attached hydrogens (tertiary/aromatic N) is 1. The number of alkyl halides is 1.